The zero-order chi connectivity index (χ0) is 13.9. The van der Waals surface area contributed by atoms with Crippen molar-refractivity contribution in [3.8, 4) is 0 Å². The van der Waals surface area contributed by atoms with Crippen LogP contribution in [0.5, 0.6) is 0 Å². The lowest BCUT2D eigenvalue weighted by atomic mass is 9.99. The Bertz CT molecular complexity index is 571. The van der Waals surface area contributed by atoms with E-state index in [1.807, 2.05) is 37.4 Å². The Balaban J connectivity index is 2.25. The third-order valence-corrected chi connectivity index (χ3v) is 4.85. The first-order chi connectivity index (χ1) is 9.07. The highest BCUT2D eigenvalue weighted by molar-refractivity contribution is 9.10. The van der Waals surface area contributed by atoms with Crippen LogP contribution in [-0.2, 0) is 5.54 Å². The monoisotopic (exact) mass is 338 g/mol. The van der Waals surface area contributed by atoms with E-state index in [0.717, 1.165) is 15.9 Å². The van der Waals surface area contributed by atoms with E-state index in [0.29, 0.717) is 5.56 Å². The second-order valence-electron chi connectivity index (χ2n) is 4.46. The summed E-state index contributed by atoms with van der Waals surface area (Å²) >= 11 is 4.96. The SMILES string of the molecule is CCC(C)(NC(=O)c1ccccc1Br)c1nccs1. The van der Waals surface area contributed by atoms with Crippen LogP contribution in [0, 0.1) is 0 Å². The first kappa shape index (κ1) is 14.2. The summed E-state index contributed by atoms with van der Waals surface area (Å²) in [5.74, 6) is -0.0907. The van der Waals surface area contributed by atoms with Gasteiger partial charge < -0.3 is 5.32 Å². The Hall–Kier alpha value is -1.20. The number of amides is 1. The predicted molar refractivity (Wildman–Crippen MR) is 81.4 cm³/mol. The van der Waals surface area contributed by atoms with E-state index in [4.69, 9.17) is 0 Å². The summed E-state index contributed by atoms with van der Waals surface area (Å²) in [6.07, 6.45) is 2.55. The Morgan fingerprint density at radius 3 is 2.79 bits per heavy atom. The number of aromatic nitrogens is 1. The number of carbonyl (C=O) groups excluding carboxylic acids is 1. The van der Waals surface area contributed by atoms with Crippen molar-refractivity contribution in [3.05, 3.63) is 50.9 Å². The van der Waals surface area contributed by atoms with Gasteiger partial charge in [-0.1, -0.05) is 19.1 Å². The van der Waals surface area contributed by atoms with Crippen LogP contribution in [0.4, 0.5) is 0 Å². The number of halogens is 1. The van der Waals surface area contributed by atoms with Gasteiger partial charge in [0.1, 0.15) is 5.01 Å². The number of carbonyl (C=O) groups is 1. The Morgan fingerprint density at radius 2 is 2.21 bits per heavy atom. The van der Waals surface area contributed by atoms with Gasteiger partial charge in [-0.25, -0.2) is 4.98 Å². The Labute approximate surface area is 125 Å². The fraction of sp³-hybridized carbons (Fsp3) is 0.286. The van der Waals surface area contributed by atoms with Gasteiger partial charge in [0.05, 0.1) is 11.1 Å². The minimum Gasteiger partial charge on any atom is -0.340 e. The van der Waals surface area contributed by atoms with Crippen LogP contribution in [0.3, 0.4) is 0 Å². The summed E-state index contributed by atoms with van der Waals surface area (Å²) in [4.78, 5) is 16.7. The van der Waals surface area contributed by atoms with Crippen LogP contribution in [0.1, 0.15) is 35.6 Å². The molecule has 1 atom stereocenters. The first-order valence-corrected chi connectivity index (χ1v) is 7.71. The number of hydrogen-bond acceptors (Lipinski definition) is 3. The normalized spacial score (nSPS) is 13.8. The summed E-state index contributed by atoms with van der Waals surface area (Å²) in [5, 5.41) is 5.93. The average molecular weight is 339 g/mol. The van der Waals surface area contributed by atoms with Gasteiger partial charge in [-0.2, -0.15) is 0 Å². The fourth-order valence-corrected chi connectivity index (χ4v) is 3.04. The van der Waals surface area contributed by atoms with Crippen molar-refractivity contribution in [2.75, 3.05) is 0 Å². The number of rotatable bonds is 4. The molecule has 0 bridgehead atoms. The lowest BCUT2D eigenvalue weighted by Gasteiger charge is -2.27. The summed E-state index contributed by atoms with van der Waals surface area (Å²) < 4.78 is 0.796. The third-order valence-electron chi connectivity index (χ3n) is 3.12. The van der Waals surface area contributed by atoms with Crippen molar-refractivity contribution in [2.24, 2.45) is 0 Å². The van der Waals surface area contributed by atoms with Crippen molar-refractivity contribution in [2.45, 2.75) is 25.8 Å². The standard InChI is InChI=1S/C14H15BrN2OS/c1-3-14(2,13-16-8-9-19-13)17-12(18)10-6-4-5-7-11(10)15/h4-9H,3H2,1-2H3,(H,17,18). The number of benzene rings is 1. The molecule has 0 saturated heterocycles. The Morgan fingerprint density at radius 1 is 1.47 bits per heavy atom. The van der Waals surface area contributed by atoms with Crippen molar-refractivity contribution in [1.82, 2.24) is 10.3 Å². The molecule has 19 heavy (non-hydrogen) atoms. The minimum atomic E-state index is -0.430. The summed E-state index contributed by atoms with van der Waals surface area (Å²) in [5.41, 5.74) is 0.208. The third kappa shape index (κ3) is 3.04. The van der Waals surface area contributed by atoms with Crippen LogP contribution >= 0.6 is 27.3 Å². The molecule has 2 aromatic rings. The van der Waals surface area contributed by atoms with E-state index in [9.17, 15) is 4.79 Å². The van der Waals surface area contributed by atoms with Gasteiger partial charge in [-0.3, -0.25) is 4.79 Å². The maximum atomic E-state index is 12.4. The lowest BCUT2D eigenvalue weighted by Crippen LogP contribution is -2.43. The average Bonchev–Trinajstić information content (AvgIpc) is 2.93. The van der Waals surface area contributed by atoms with E-state index < -0.39 is 5.54 Å². The highest BCUT2D eigenvalue weighted by Crippen LogP contribution is 2.27. The highest BCUT2D eigenvalue weighted by atomic mass is 79.9. The zero-order valence-electron chi connectivity index (χ0n) is 10.8. The van der Waals surface area contributed by atoms with Crippen LogP contribution in [0.25, 0.3) is 0 Å². The van der Waals surface area contributed by atoms with E-state index in [2.05, 4.69) is 26.2 Å². The molecule has 1 N–H and O–H groups in total. The van der Waals surface area contributed by atoms with Gasteiger partial charge in [0.15, 0.2) is 0 Å². The molecule has 1 aromatic carbocycles. The van der Waals surface area contributed by atoms with Crippen molar-refractivity contribution in [1.29, 1.82) is 0 Å². The minimum absolute atomic E-state index is 0.0907. The highest BCUT2D eigenvalue weighted by Gasteiger charge is 2.29. The Kier molecular flexibility index (Phi) is 4.37. The molecule has 1 unspecified atom stereocenters. The van der Waals surface area contributed by atoms with Gasteiger partial charge in [-0.05, 0) is 41.4 Å². The molecule has 1 amide bonds. The molecular formula is C14H15BrN2OS. The number of hydrogen-bond donors (Lipinski definition) is 1. The molecule has 0 aliphatic carbocycles. The summed E-state index contributed by atoms with van der Waals surface area (Å²) in [6, 6.07) is 7.41. The van der Waals surface area contributed by atoms with Gasteiger partial charge in [0.25, 0.3) is 5.91 Å². The molecule has 0 saturated carbocycles. The molecule has 0 aliphatic rings. The molecule has 0 radical (unpaired) electrons. The van der Waals surface area contributed by atoms with Crippen molar-refractivity contribution in [3.63, 3.8) is 0 Å². The van der Waals surface area contributed by atoms with Gasteiger partial charge in [0.2, 0.25) is 0 Å². The molecule has 0 aliphatic heterocycles. The quantitative estimate of drug-likeness (QED) is 0.916. The molecule has 0 spiro atoms. The van der Waals surface area contributed by atoms with Gasteiger partial charge >= 0.3 is 0 Å². The van der Waals surface area contributed by atoms with Crippen molar-refractivity contribution >= 4 is 33.2 Å². The van der Waals surface area contributed by atoms with Crippen LogP contribution in [-0.4, -0.2) is 10.9 Å². The van der Waals surface area contributed by atoms with E-state index >= 15 is 0 Å². The van der Waals surface area contributed by atoms with E-state index in [1.54, 1.807) is 23.6 Å². The number of nitrogens with one attached hydrogen (secondary N) is 1. The van der Waals surface area contributed by atoms with Crippen molar-refractivity contribution < 1.29 is 4.79 Å². The second kappa shape index (κ2) is 5.84. The molecule has 2 rings (SSSR count). The molecule has 5 heteroatoms. The number of nitrogens with zero attached hydrogens (tertiary/aromatic N) is 1. The maximum Gasteiger partial charge on any atom is 0.253 e. The predicted octanol–water partition coefficient (Wildman–Crippen LogP) is 3.96. The fourth-order valence-electron chi connectivity index (χ4n) is 1.75. The summed E-state index contributed by atoms with van der Waals surface area (Å²) in [7, 11) is 0. The van der Waals surface area contributed by atoms with Crippen LogP contribution < -0.4 is 5.32 Å². The number of thiazole rings is 1. The van der Waals surface area contributed by atoms with Crippen LogP contribution in [0.15, 0.2) is 40.3 Å². The molecular weight excluding hydrogens is 324 g/mol. The molecule has 3 nitrogen and oxygen atoms in total. The second-order valence-corrected chi connectivity index (χ2v) is 6.21. The summed E-state index contributed by atoms with van der Waals surface area (Å²) in [6.45, 7) is 4.04. The molecule has 0 fully saturated rings. The zero-order valence-corrected chi connectivity index (χ0v) is 13.2. The van der Waals surface area contributed by atoms with Crippen LogP contribution in [0.2, 0.25) is 0 Å². The smallest absolute Gasteiger partial charge is 0.253 e. The largest absolute Gasteiger partial charge is 0.340 e. The first-order valence-electron chi connectivity index (χ1n) is 6.04. The van der Waals surface area contributed by atoms with Gasteiger partial charge in [0, 0.05) is 16.0 Å². The lowest BCUT2D eigenvalue weighted by molar-refractivity contribution is 0.0901. The molecule has 1 heterocycles. The molecule has 100 valence electrons. The van der Waals surface area contributed by atoms with Gasteiger partial charge in [-0.15, -0.1) is 11.3 Å². The van der Waals surface area contributed by atoms with E-state index in [1.165, 1.54) is 0 Å². The van der Waals surface area contributed by atoms with E-state index in [-0.39, 0.29) is 5.91 Å². The maximum absolute atomic E-state index is 12.4. The topological polar surface area (TPSA) is 42.0 Å². The molecule has 1 aromatic heterocycles.